The van der Waals surface area contributed by atoms with Gasteiger partial charge in [0.25, 0.3) is 5.91 Å². The van der Waals surface area contributed by atoms with Gasteiger partial charge in [-0.1, -0.05) is 107 Å². The Morgan fingerprint density at radius 1 is 0.800 bits per heavy atom. The molecule has 1 N–H and O–H groups in total. The summed E-state index contributed by atoms with van der Waals surface area (Å²) >= 11 is 0. The van der Waals surface area contributed by atoms with Crippen LogP contribution in [0.4, 0.5) is 5.69 Å². The molecule has 1 saturated heterocycles. The number of hydrogen-bond acceptors (Lipinski definition) is 7. The van der Waals surface area contributed by atoms with Crippen LogP contribution in [0.15, 0.2) is 109 Å². The Morgan fingerprint density at radius 3 is 2.07 bits per heavy atom. The molecule has 11 heteroatoms. The van der Waals surface area contributed by atoms with Crippen LogP contribution in [0, 0.1) is 0 Å². The zero-order chi connectivity index (χ0) is 42.8. The lowest BCUT2D eigenvalue weighted by molar-refractivity contribution is -0.152. The number of aryl methyl sites for hydroxylation is 1. The van der Waals surface area contributed by atoms with E-state index < -0.39 is 38.5 Å². The molecule has 0 aromatic heterocycles. The fourth-order valence-electron chi connectivity index (χ4n) is 9.24. The quantitative estimate of drug-likeness (QED) is 0.0571. The number of amides is 3. The second kappa shape index (κ2) is 20.3. The lowest BCUT2D eigenvalue weighted by Crippen LogP contribution is -2.69. The van der Waals surface area contributed by atoms with E-state index in [2.05, 4.69) is 63.3 Å². The number of nitrogens with one attached hydrogen (secondary N) is 1. The molecule has 4 aromatic carbocycles. The Bertz CT molecular complexity index is 2060. The summed E-state index contributed by atoms with van der Waals surface area (Å²) in [6.45, 7) is 13.8. The first kappa shape index (κ1) is 44.3. The number of ether oxygens (including phenoxy) is 2. The van der Waals surface area contributed by atoms with Gasteiger partial charge in [-0.25, -0.2) is 0 Å². The fraction of sp³-hybridized carbons (Fsp3) is 0.429. The SMILES string of the molecule is CCOC(=O)C[C@H]1[C@@H]2[C@@H](NC(=O)c3ccccc3)c3cc(OCCCO[Si](CCCc4ccccc4)(C(C)C)C(C)C)ccc3N2C(=O)[C@H](C)N1C(=O)Cc1ccccc1. The van der Waals surface area contributed by atoms with Gasteiger partial charge < -0.3 is 29.0 Å². The first-order valence-electron chi connectivity index (χ1n) is 21.6. The second-order valence-corrected chi connectivity index (χ2v) is 21.6. The maximum Gasteiger partial charge on any atom is 0.307 e. The molecule has 4 aromatic rings. The van der Waals surface area contributed by atoms with Crippen molar-refractivity contribution in [3.63, 3.8) is 0 Å². The van der Waals surface area contributed by atoms with E-state index in [-0.39, 0.29) is 37.2 Å². The molecule has 4 atom stereocenters. The summed E-state index contributed by atoms with van der Waals surface area (Å²) in [6.07, 6.45) is 2.72. The fourth-order valence-corrected chi connectivity index (χ4v) is 13.8. The minimum absolute atomic E-state index is 0.0475. The van der Waals surface area contributed by atoms with Crippen LogP contribution in [0.3, 0.4) is 0 Å². The number of carbonyl (C=O) groups is 4. The Labute approximate surface area is 356 Å². The molecule has 3 amide bonds. The summed E-state index contributed by atoms with van der Waals surface area (Å²) in [5, 5.41) is 3.20. The highest BCUT2D eigenvalue weighted by atomic mass is 28.4. The van der Waals surface area contributed by atoms with Gasteiger partial charge in [0, 0.05) is 29.8 Å². The standard InChI is InChI=1S/C49H61N3O7Si/c1-7-57-45(54)33-43-47-46(50-48(55)39-24-15-10-16-25-39)41-32-40(26-27-42(41)52(47)49(56)36(6)51(43)44(53)31-38-21-13-9-14-22-38)58-28-18-29-59-60(34(2)3,35(4)5)30-17-23-37-19-11-8-12-20-37/h8-16,19-22,24-27,32,34-36,43,46-47H,7,17-18,23,28-31,33H2,1-6H3,(H,50,55)/t36-,43-,46-,47+/m0/s1. The van der Waals surface area contributed by atoms with Gasteiger partial charge in [-0.05, 0) is 85.3 Å². The van der Waals surface area contributed by atoms with E-state index in [1.807, 2.05) is 54.6 Å². The lowest BCUT2D eigenvalue weighted by atomic mass is 9.89. The van der Waals surface area contributed by atoms with Gasteiger partial charge in [0.05, 0.1) is 44.2 Å². The number of esters is 1. The maximum atomic E-state index is 14.5. The topological polar surface area (TPSA) is 114 Å². The molecular weight excluding hydrogens is 771 g/mol. The van der Waals surface area contributed by atoms with Gasteiger partial charge >= 0.3 is 5.97 Å². The minimum atomic E-state index is -2.08. The van der Waals surface area contributed by atoms with Gasteiger partial charge in [0.1, 0.15) is 11.8 Å². The monoisotopic (exact) mass is 831 g/mol. The Balaban J connectivity index is 1.24. The van der Waals surface area contributed by atoms with E-state index in [1.165, 1.54) is 10.5 Å². The predicted molar refractivity (Wildman–Crippen MR) is 237 cm³/mol. The van der Waals surface area contributed by atoms with Gasteiger partial charge in [0.2, 0.25) is 11.8 Å². The highest BCUT2D eigenvalue weighted by molar-refractivity contribution is 6.76. The van der Waals surface area contributed by atoms with Crippen LogP contribution in [0.5, 0.6) is 5.75 Å². The van der Waals surface area contributed by atoms with Crippen LogP contribution in [-0.4, -0.2) is 74.9 Å². The van der Waals surface area contributed by atoms with Crippen molar-refractivity contribution in [2.24, 2.45) is 0 Å². The summed E-state index contributed by atoms with van der Waals surface area (Å²) in [7, 11) is -2.08. The average Bonchev–Trinajstić information content (AvgIpc) is 3.55. The Kier molecular flexibility index (Phi) is 15.0. The summed E-state index contributed by atoms with van der Waals surface area (Å²) < 4.78 is 18.7. The van der Waals surface area contributed by atoms with Crippen molar-refractivity contribution in [1.82, 2.24) is 10.2 Å². The molecule has 0 bridgehead atoms. The van der Waals surface area contributed by atoms with Crippen LogP contribution in [0.2, 0.25) is 17.1 Å². The first-order valence-corrected chi connectivity index (χ1v) is 23.9. The van der Waals surface area contributed by atoms with Crippen LogP contribution >= 0.6 is 0 Å². The first-order chi connectivity index (χ1) is 28.9. The number of anilines is 1. The third-order valence-corrected chi connectivity index (χ3v) is 18.0. The Morgan fingerprint density at radius 2 is 1.43 bits per heavy atom. The van der Waals surface area contributed by atoms with Crippen molar-refractivity contribution in [3.05, 3.63) is 131 Å². The van der Waals surface area contributed by atoms with Crippen molar-refractivity contribution in [3.8, 4) is 5.75 Å². The van der Waals surface area contributed by atoms with Gasteiger partial charge in [-0.15, -0.1) is 0 Å². The summed E-state index contributed by atoms with van der Waals surface area (Å²) in [5.41, 5.74) is 4.81. The van der Waals surface area contributed by atoms with Crippen molar-refractivity contribution in [1.29, 1.82) is 0 Å². The van der Waals surface area contributed by atoms with Gasteiger partial charge in [-0.2, -0.15) is 0 Å². The van der Waals surface area contributed by atoms with E-state index in [4.69, 9.17) is 13.9 Å². The molecule has 0 radical (unpaired) electrons. The normalized spacial score (nSPS) is 18.6. The van der Waals surface area contributed by atoms with Crippen LogP contribution in [0.1, 0.15) is 93.9 Å². The van der Waals surface area contributed by atoms with Crippen molar-refractivity contribution >= 4 is 37.7 Å². The molecule has 60 heavy (non-hydrogen) atoms. The molecule has 1 fully saturated rings. The molecule has 0 aliphatic carbocycles. The molecule has 318 valence electrons. The van der Waals surface area contributed by atoms with E-state index >= 15 is 0 Å². The number of piperazine rings is 1. The van der Waals surface area contributed by atoms with E-state index in [0.717, 1.165) is 24.4 Å². The third-order valence-electron chi connectivity index (χ3n) is 12.2. The summed E-state index contributed by atoms with van der Waals surface area (Å²) in [5.74, 6) is -0.825. The van der Waals surface area contributed by atoms with Crippen molar-refractivity contribution < 1.29 is 33.1 Å². The molecule has 0 saturated carbocycles. The molecule has 6 rings (SSSR count). The van der Waals surface area contributed by atoms with Crippen molar-refractivity contribution in [2.75, 3.05) is 24.7 Å². The van der Waals surface area contributed by atoms with Crippen molar-refractivity contribution in [2.45, 2.75) is 115 Å². The molecule has 10 nitrogen and oxygen atoms in total. The summed E-state index contributed by atoms with van der Waals surface area (Å²) in [4.78, 5) is 59.2. The molecule has 0 unspecified atom stereocenters. The van der Waals surface area contributed by atoms with E-state index in [0.29, 0.717) is 53.3 Å². The zero-order valence-electron chi connectivity index (χ0n) is 36.0. The second-order valence-electron chi connectivity index (χ2n) is 16.6. The van der Waals surface area contributed by atoms with Gasteiger partial charge in [-0.3, -0.25) is 19.2 Å². The zero-order valence-corrected chi connectivity index (χ0v) is 37.0. The molecule has 2 aliphatic heterocycles. The highest BCUT2D eigenvalue weighted by Gasteiger charge is 2.56. The Hall–Kier alpha value is -5.26. The molecular formula is C49H61N3O7Si. The maximum absolute atomic E-state index is 14.5. The number of hydrogen-bond donors (Lipinski definition) is 1. The molecule has 2 heterocycles. The van der Waals surface area contributed by atoms with Gasteiger partial charge in [0.15, 0.2) is 8.32 Å². The third kappa shape index (κ3) is 10.0. The van der Waals surface area contributed by atoms with E-state index in [1.54, 1.807) is 43.0 Å². The number of carbonyl (C=O) groups excluding carboxylic acids is 4. The molecule has 2 aliphatic rings. The number of rotatable bonds is 19. The predicted octanol–water partition coefficient (Wildman–Crippen LogP) is 8.85. The van der Waals surface area contributed by atoms with Crippen LogP contribution < -0.4 is 15.0 Å². The number of benzene rings is 4. The minimum Gasteiger partial charge on any atom is -0.493 e. The highest BCUT2D eigenvalue weighted by Crippen LogP contribution is 2.47. The number of fused-ring (bicyclic) bond motifs is 3. The molecule has 0 spiro atoms. The van der Waals surface area contributed by atoms with E-state index in [9.17, 15) is 19.2 Å². The average molecular weight is 832 g/mol. The lowest BCUT2D eigenvalue weighted by Gasteiger charge is -2.49. The number of nitrogens with zero attached hydrogens (tertiary/aromatic N) is 2. The largest absolute Gasteiger partial charge is 0.493 e. The van der Waals surface area contributed by atoms with Crippen LogP contribution in [-0.2, 0) is 36.4 Å². The smallest absolute Gasteiger partial charge is 0.307 e. The summed E-state index contributed by atoms with van der Waals surface area (Å²) in [6, 6.07) is 32.3. The van der Waals surface area contributed by atoms with Crippen LogP contribution in [0.25, 0.3) is 0 Å².